The van der Waals surface area contributed by atoms with E-state index in [0.29, 0.717) is 27.5 Å². The molecule has 0 aliphatic heterocycles. The number of nitrogens with zero attached hydrogens (tertiary/aromatic N) is 4. The van der Waals surface area contributed by atoms with Gasteiger partial charge in [0, 0.05) is 17.6 Å². The minimum atomic E-state index is -1.13. The van der Waals surface area contributed by atoms with Crippen LogP contribution in [-0.2, 0) is 22.6 Å². The minimum Gasteiger partial charge on any atom is -0.469 e. The molecule has 2 heterocycles. The highest BCUT2D eigenvalue weighted by atomic mass is 35.5. The Bertz CT molecular complexity index is 1670. The van der Waals surface area contributed by atoms with Crippen molar-refractivity contribution in [2.45, 2.75) is 26.9 Å². The van der Waals surface area contributed by atoms with Crippen molar-refractivity contribution in [1.82, 2.24) is 19.1 Å². The number of nitrogens with one attached hydrogen (secondary N) is 1. The summed E-state index contributed by atoms with van der Waals surface area (Å²) in [6, 6.07) is 18.6. The van der Waals surface area contributed by atoms with E-state index in [1.54, 1.807) is 80.6 Å². The number of carbonyl (C=O) groups is 1. The standard InChI is InChI=1S/C27H25Cl2N5O5/c1-27(2,23(35)38-3)16-34-25(36)32-24(33(26(34)37)15-17-7-9-18(28)10-8-17)30-19-11-13-20(14-12-19)39-22-6-4-5-21(29)31-22/h4-14H,15-16H2,1-3H3,(H,30,32,36). The van der Waals surface area contributed by atoms with E-state index in [2.05, 4.69) is 15.0 Å². The van der Waals surface area contributed by atoms with Crippen molar-refractivity contribution in [1.29, 1.82) is 0 Å². The Kier molecular flexibility index (Phi) is 8.37. The fourth-order valence-corrected chi connectivity index (χ4v) is 3.99. The van der Waals surface area contributed by atoms with Crippen LogP contribution in [0, 0.1) is 5.41 Å². The smallest absolute Gasteiger partial charge is 0.335 e. The monoisotopic (exact) mass is 569 g/mol. The number of pyridine rings is 1. The molecule has 0 aliphatic rings. The van der Waals surface area contributed by atoms with Crippen LogP contribution in [0.5, 0.6) is 11.6 Å². The van der Waals surface area contributed by atoms with Crippen molar-refractivity contribution in [3.8, 4) is 11.6 Å². The summed E-state index contributed by atoms with van der Waals surface area (Å²) in [4.78, 5) is 50.1. The third-order valence-electron chi connectivity index (χ3n) is 5.71. The lowest BCUT2D eigenvalue weighted by atomic mass is 9.94. The Morgan fingerprint density at radius 1 is 1.00 bits per heavy atom. The molecule has 12 heteroatoms. The van der Waals surface area contributed by atoms with Gasteiger partial charge in [0.2, 0.25) is 11.5 Å². The first-order chi connectivity index (χ1) is 18.6. The lowest BCUT2D eigenvalue weighted by molar-refractivity contribution is -0.151. The zero-order valence-electron chi connectivity index (χ0n) is 21.4. The van der Waals surface area contributed by atoms with Crippen LogP contribution < -0.4 is 21.7 Å². The summed E-state index contributed by atoms with van der Waals surface area (Å²) in [5.74, 6) is 0.268. The second-order valence-corrected chi connectivity index (χ2v) is 10.0. The summed E-state index contributed by atoms with van der Waals surface area (Å²) < 4.78 is 12.8. The second kappa shape index (κ2) is 11.7. The molecular formula is C27H25Cl2N5O5. The number of esters is 1. The number of hydrogen-bond acceptors (Lipinski definition) is 7. The normalized spacial score (nSPS) is 11.9. The van der Waals surface area contributed by atoms with E-state index in [0.717, 1.165) is 10.1 Å². The largest absolute Gasteiger partial charge is 0.469 e. The average molecular weight is 570 g/mol. The molecule has 0 saturated carbocycles. The Labute approximate surface area is 233 Å². The SMILES string of the molecule is COC(=O)C(C)(C)Cn1c(=O)[nH]/c(=N\c2ccc(Oc3cccc(Cl)n3)cc2)n(Cc2ccc(Cl)cc2)c1=O. The first-order valence-electron chi connectivity index (χ1n) is 11.8. The zero-order valence-corrected chi connectivity index (χ0v) is 22.9. The minimum absolute atomic E-state index is 0.0252. The molecule has 0 bridgehead atoms. The molecule has 39 heavy (non-hydrogen) atoms. The van der Waals surface area contributed by atoms with Gasteiger partial charge in [-0.3, -0.25) is 14.3 Å². The molecule has 0 fully saturated rings. The highest BCUT2D eigenvalue weighted by Crippen LogP contribution is 2.23. The van der Waals surface area contributed by atoms with Crippen molar-refractivity contribution < 1.29 is 14.3 Å². The van der Waals surface area contributed by atoms with Gasteiger partial charge in [-0.1, -0.05) is 41.4 Å². The van der Waals surface area contributed by atoms with E-state index < -0.39 is 22.8 Å². The van der Waals surface area contributed by atoms with Crippen LogP contribution >= 0.6 is 23.2 Å². The molecule has 10 nitrogen and oxygen atoms in total. The number of hydrogen-bond donors (Lipinski definition) is 1. The number of H-pyrrole nitrogens is 1. The lowest BCUT2D eigenvalue weighted by Gasteiger charge is -2.22. The molecular weight excluding hydrogens is 545 g/mol. The van der Waals surface area contributed by atoms with Crippen molar-refractivity contribution in [2.75, 3.05) is 7.11 Å². The molecule has 0 amide bonds. The summed E-state index contributed by atoms with van der Waals surface area (Å²) in [5.41, 5.74) is -1.25. The fraction of sp³-hybridized carbons (Fsp3) is 0.222. The molecule has 4 aromatic rings. The quantitative estimate of drug-likeness (QED) is 0.249. The lowest BCUT2D eigenvalue weighted by Crippen LogP contribution is -2.52. The summed E-state index contributed by atoms with van der Waals surface area (Å²) in [6.45, 7) is 3.08. The van der Waals surface area contributed by atoms with Crippen LogP contribution in [0.4, 0.5) is 5.69 Å². The zero-order chi connectivity index (χ0) is 28.2. The summed E-state index contributed by atoms with van der Waals surface area (Å²) >= 11 is 11.9. The average Bonchev–Trinajstić information content (AvgIpc) is 2.90. The predicted octanol–water partition coefficient (Wildman–Crippen LogP) is 4.31. The summed E-state index contributed by atoms with van der Waals surface area (Å²) in [7, 11) is 1.25. The van der Waals surface area contributed by atoms with Gasteiger partial charge in [0.15, 0.2) is 0 Å². The number of benzene rings is 2. The summed E-state index contributed by atoms with van der Waals surface area (Å²) in [5, 5.41) is 0.848. The molecule has 202 valence electrons. The Morgan fingerprint density at radius 3 is 2.33 bits per heavy atom. The number of aromatic nitrogens is 4. The first kappa shape index (κ1) is 27.9. The first-order valence-corrected chi connectivity index (χ1v) is 12.5. The molecule has 2 aromatic carbocycles. The van der Waals surface area contributed by atoms with E-state index in [1.807, 2.05) is 0 Å². The maximum Gasteiger partial charge on any atom is 0.335 e. The van der Waals surface area contributed by atoms with Crippen molar-refractivity contribution in [3.05, 3.63) is 109 Å². The number of rotatable bonds is 8. The molecule has 0 unspecified atom stereocenters. The molecule has 2 aromatic heterocycles. The van der Waals surface area contributed by atoms with E-state index in [9.17, 15) is 14.4 Å². The Balaban J connectivity index is 1.76. The summed E-state index contributed by atoms with van der Waals surface area (Å²) in [6.07, 6.45) is 0. The highest BCUT2D eigenvalue weighted by Gasteiger charge is 2.31. The van der Waals surface area contributed by atoms with E-state index in [4.69, 9.17) is 32.7 Å². The fourth-order valence-electron chi connectivity index (χ4n) is 3.71. The van der Waals surface area contributed by atoms with Crippen LogP contribution in [0.2, 0.25) is 10.2 Å². The Morgan fingerprint density at radius 2 is 1.69 bits per heavy atom. The molecule has 0 spiro atoms. The van der Waals surface area contributed by atoms with Crippen molar-refractivity contribution in [2.24, 2.45) is 10.4 Å². The molecule has 4 rings (SSSR count). The number of halogens is 2. The topological polar surface area (TPSA) is 121 Å². The van der Waals surface area contributed by atoms with E-state index >= 15 is 0 Å². The maximum atomic E-state index is 13.6. The van der Waals surface area contributed by atoms with Gasteiger partial charge in [-0.2, -0.15) is 0 Å². The van der Waals surface area contributed by atoms with Crippen LogP contribution in [0.25, 0.3) is 0 Å². The second-order valence-electron chi connectivity index (χ2n) is 9.22. The molecule has 1 N–H and O–H groups in total. The van der Waals surface area contributed by atoms with Gasteiger partial charge in [-0.25, -0.2) is 24.1 Å². The maximum absolute atomic E-state index is 13.6. The molecule has 0 aliphatic carbocycles. The molecule has 0 atom stereocenters. The third kappa shape index (κ3) is 6.84. The van der Waals surface area contributed by atoms with Gasteiger partial charge in [0.25, 0.3) is 0 Å². The number of carbonyl (C=O) groups excluding carboxylic acids is 1. The van der Waals surface area contributed by atoms with Gasteiger partial charge >= 0.3 is 17.3 Å². The number of aromatic amines is 1. The van der Waals surface area contributed by atoms with Crippen molar-refractivity contribution >= 4 is 34.9 Å². The van der Waals surface area contributed by atoms with Crippen LogP contribution in [0.1, 0.15) is 19.4 Å². The van der Waals surface area contributed by atoms with E-state index in [1.165, 1.54) is 11.7 Å². The van der Waals surface area contributed by atoms with Gasteiger partial charge in [0.1, 0.15) is 10.9 Å². The molecule has 0 saturated heterocycles. The van der Waals surface area contributed by atoms with Crippen molar-refractivity contribution in [3.63, 3.8) is 0 Å². The van der Waals surface area contributed by atoms with E-state index in [-0.39, 0.29) is 18.7 Å². The molecule has 0 radical (unpaired) electrons. The third-order valence-corrected chi connectivity index (χ3v) is 6.17. The Hall–Kier alpha value is -4.15. The van der Waals surface area contributed by atoms with Gasteiger partial charge in [0.05, 0.1) is 24.8 Å². The number of ether oxygens (including phenoxy) is 2. The highest BCUT2D eigenvalue weighted by molar-refractivity contribution is 6.30. The predicted molar refractivity (Wildman–Crippen MR) is 147 cm³/mol. The van der Waals surface area contributed by atoms with Gasteiger partial charge in [-0.05, 0) is 61.9 Å². The van der Waals surface area contributed by atoms with Crippen LogP contribution in [-0.4, -0.2) is 32.2 Å². The number of methoxy groups -OCH3 is 1. The van der Waals surface area contributed by atoms with Gasteiger partial charge in [-0.15, -0.1) is 0 Å². The van der Waals surface area contributed by atoms with Crippen LogP contribution in [0.15, 0.2) is 81.3 Å². The van der Waals surface area contributed by atoms with Gasteiger partial charge < -0.3 is 9.47 Å². The van der Waals surface area contributed by atoms with Crippen LogP contribution in [0.3, 0.4) is 0 Å².